The zero-order valence-corrected chi connectivity index (χ0v) is 14.2. The van der Waals surface area contributed by atoms with Crippen molar-refractivity contribution in [3.63, 3.8) is 0 Å². The van der Waals surface area contributed by atoms with Crippen molar-refractivity contribution in [2.45, 2.75) is 18.2 Å². The normalized spacial score (nSPS) is 16.7. The summed E-state index contributed by atoms with van der Waals surface area (Å²) >= 11 is 0. The molecule has 0 radical (unpaired) electrons. The van der Waals surface area contributed by atoms with E-state index in [4.69, 9.17) is 9.47 Å². The number of carbonyl (C=O) groups excluding carboxylic acids is 1. The fourth-order valence-electron chi connectivity index (χ4n) is 2.47. The topological polar surface area (TPSA) is 76.2 Å². The summed E-state index contributed by atoms with van der Waals surface area (Å²) in [6, 6.07) is 6.39. The first-order valence-corrected chi connectivity index (χ1v) is 8.99. The second-order valence-corrected chi connectivity index (χ2v) is 7.06. The molecule has 0 atom stereocenters. The molecule has 1 aliphatic heterocycles. The summed E-state index contributed by atoms with van der Waals surface area (Å²) in [6.07, 6.45) is 0.149. The van der Waals surface area contributed by atoms with Gasteiger partial charge in [-0.3, -0.25) is 0 Å². The smallest absolute Gasteiger partial charge is 0.409 e. The maximum atomic E-state index is 12.7. The Labute approximate surface area is 136 Å². The highest BCUT2D eigenvalue weighted by Crippen LogP contribution is 2.21. The van der Waals surface area contributed by atoms with Crippen molar-refractivity contribution in [1.82, 2.24) is 9.21 Å². The van der Waals surface area contributed by atoms with Crippen LogP contribution in [0.3, 0.4) is 0 Å². The molecule has 0 unspecified atom stereocenters. The van der Waals surface area contributed by atoms with Crippen LogP contribution < -0.4 is 4.74 Å². The van der Waals surface area contributed by atoms with Gasteiger partial charge in [0.1, 0.15) is 5.75 Å². The van der Waals surface area contributed by atoms with Crippen LogP contribution in [0.25, 0.3) is 0 Å². The first-order valence-electron chi connectivity index (χ1n) is 7.55. The van der Waals surface area contributed by atoms with Crippen LogP contribution >= 0.6 is 0 Å². The van der Waals surface area contributed by atoms with Crippen LogP contribution in [0.5, 0.6) is 5.75 Å². The zero-order chi connectivity index (χ0) is 16.9. The number of methoxy groups -OCH3 is 1. The van der Waals surface area contributed by atoms with Gasteiger partial charge < -0.3 is 14.4 Å². The van der Waals surface area contributed by atoms with Crippen LogP contribution in [0, 0.1) is 0 Å². The van der Waals surface area contributed by atoms with Gasteiger partial charge >= 0.3 is 6.09 Å². The van der Waals surface area contributed by atoms with Gasteiger partial charge in [0.25, 0.3) is 0 Å². The fraction of sp³-hybridized carbons (Fsp3) is 0.533. The average molecular weight is 342 g/mol. The molecule has 2 rings (SSSR count). The Bertz CT molecular complexity index is 630. The number of benzene rings is 1. The third kappa shape index (κ3) is 4.14. The molecule has 1 aromatic carbocycles. The number of carbonyl (C=O) groups is 1. The monoisotopic (exact) mass is 342 g/mol. The van der Waals surface area contributed by atoms with E-state index >= 15 is 0 Å². The lowest BCUT2D eigenvalue weighted by atomic mass is 10.3. The molecule has 0 spiro atoms. The lowest BCUT2D eigenvalue weighted by Gasteiger charge is -2.21. The first-order chi connectivity index (χ1) is 11.0. The van der Waals surface area contributed by atoms with Crippen LogP contribution in [0.1, 0.15) is 13.3 Å². The summed E-state index contributed by atoms with van der Waals surface area (Å²) in [5, 5.41) is 0. The number of ether oxygens (including phenoxy) is 2. The quantitative estimate of drug-likeness (QED) is 0.830. The molecule has 1 amide bonds. The standard InChI is InChI=1S/C15H22N2O5S/c1-3-22-13-5-7-14(8-6-13)23(19,20)17-10-4-9-16(11-12-17)15(18)21-2/h5-8H,3-4,9-12H2,1-2H3. The van der Waals surface area contributed by atoms with Gasteiger partial charge in [0.2, 0.25) is 10.0 Å². The van der Waals surface area contributed by atoms with E-state index in [1.54, 1.807) is 24.3 Å². The summed E-state index contributed by atoms with van der Waals surface area (Å²) in [5.41, 5.74) is 0. The molecule has 0 saturated carbocycles. The van der Waals surface area contributed by atoms with Crippen molar-refractivity contribution < 1.29 is 22.7 Å². The van der Waals surface area contributed by atoms with Crippen LogP contribution in [0.15, 0.2) is 29.2 Å². The minimum atomic E-state index is -3.57. The lowest BCUT2D eigenvalue weighted by molar-refractivity contribution is 0.126. The van der Waals surface area contributed by atoms with Gasteiger partial charge in [0, 0.05) is 26.2 Å². The van der Waals surface area contributed by atoms with E-state index < -0.39 is 16.1 Å². The van der Waals surface area contributed by atoms with Crippen molar-refractivity contribution in [3.8, 4) is 5.75 Å². The van der Waals surface area contributed by atoms with E-state index in [0.717, 1.165) is 0 Å². The Hall–Kier alpha value is -1.80. The van der Waals surface area contributed by atoms with Gasteiger partial charge in [-0.25, -0.2) is 13.2 Å². The van der Waals surface area contributed by atoms with E-state index in [1.165, 1.54) is 16.3 Å². The summed E-state index contributed by atoms with van der Waals surface area (Å²) in [5.74, 6) is 0.638. The summed E-state index contributed by atoms with van der Waals surface area (Å²) in [4.78, 5) is 13.3. The molecule has 1 aliphatic rings. The van der Waals surface area contributed by atoms with Gasteiger partial charge in [-0.15, -0.1) is 0 Å². The highest BCUT2D eigenvalue weighted by atomic mass is 32.2. The van der Waals surface area contributed by atoms with Crippen LogP contribution in [-0.4, -0.2) is 63.6 Å². The summed E-state index contributed by atoms with van der Waals surface area (Å²) in [6.45, 7) is 3.84. The molecule has 1 aromatic rings. The van der Waals surface area contributed by atoms with Crippen LogP contribution in [0.4, 0.5) is 4.79 Å². The molecule has 1 fully saturated rings. The second kappa shape index (κ2) is 7.65. The number of amides is 1. The van der Waals surface area contributed by atoms with Crippen molar-refractivity contribution in [3.05, 3.63) is 24.3 Å². The van der Waals surface area contributed by atoms with E-state index in [9.17, 15) is 13.2 Å². The Kier molecular flexibility index (Phi) is 5.84. The number of sulfonamides is 1. The van der Waals surface area contributed by atoms with E-state index in [0.29, 0.717) is 38.4 Å². The number of rotatable bonds is 4. The zero-order valence-electron chi connectivity index (χ0n) is 13.4. The minimum absolute atomic E-state index is 0.229. The molecular weight excluding hydrogens is 320 g/mol. The average Bonchev–Trinajstić information content (AvgIpc) is 2.81. The molecule has 7 nitrogen and oxygen atoms in total. The first kappa shape index (κ1) is 17.6. The predicted octanol–water partition coefficient (Wildman–Crippen LogP) is 1.55. The molecule has 0 N–H and O–H groups in total. The summed E-state index contributed by atoms with van der Waals surface area (Å²) in [7, 11) is -2.25. The van der Waals surface area contributed by atoms with Gasteiger partial charge in [-0.2, -0.15) is 4.31 Å². The molecule has 128 valence electrons. The summed E-state index contributed by atoms with van der Waals surface area (Å²) < 4.78 is 36.8. The molecule has 0 aromatic heterocycles. The molecule has 8 heteroatoms. The van der Waals surface area contributed by atoms with E-state index in [2.05, 4.69) is 0 Å². The largest absolute Gasteiger partial charge is 0.494 e. The Morgan fingerprint density at radius 2 is 1.83 bits per heavy atom. The minimum Gasteiger partial charge on any atom is -0.494 e. The van der Waals surface area contributed by atoms with E-state index in [1.807, 2.05) is 6.92 Å². The van der Waals surface area contributed by atoms with Crippen molar-refractivity contribution in [1.29, 1.82) is 0 Å². The maximum Gasteiger partial charge on any atom is 0.409 e. The Morgan fingerprint density at radius 1 is 1.13 bits per heavy atom. The van der Waals surface area contributed by atoms with Crippen molar-refractivity contribution in [2.24, 2.45) is 0 Å². The highest BCUT2D eigenvalue weighted by Gasteiger charge is 2.28. The van der Waals surface area contributed by atoms with Crippen LogP contribution in [-0.2, 0) is 14.8 Å². The third-order valence-corrected chi connectivity index (χ3v) is 5.57. The molecule has 23 heavy (non-hydrogen) atoms. The van der Waals surface area contributed by atoms with E-state index in [-0.39, 0.29) is 11.4 Å². The Balaban J connectivity index is 2.11. The SMILES string of the molecule is CCOc1ccc(S(=O)(=O)N2CCCN(C(=O)OC)CC2)cc1. The number of nitrogens with zero attached hydrogens (tertiary/aromatic N) is 2. The molecule has 1 saturated heterocycles. The van der Waals surface area contributed by atoms with Gasteiger partial charge in [-0.1, -0.05) is 0 Å². The van der Waals surface area contributed by atoms with Gasteiger partial charge in [0.05, 0.1) is 18.6 Å². The lowest BCUT2D eigenvalue weighted by Crippen LogP contribution is -2.37. The third-order valence-electron chi connectivity index (χ3n) is 3.66. The van der Waals surface area contributed by atoms with Crippen LogP contribution in [0.2, 0.25) is 0 Å². The second-order valence-electron chi connectivity index (χ2n) is 5.12. The maximum absolute atomic E-state index is 12.7. The number of hydrogen-bond donors (Lipinski definition) is 0. The Morgan fingerprint density at radius 3 is 2.43 bits per heavy atom. The molecule has 1 heterocycles. The van der Waals surface area contributed by atoms with Gasteiger partial charge in [0.15, 0.2) is 0 Å². The van der Waals surface area contributed by atoms with Crippen molar-refractivity contribution >= 4 is 16.1 Å². The molecular formula is C15H22N2O5S. The molecule has 0 aliphatic carbocycles. The van der Waals surface area contributed by atoms with Gasteiger partial charge in [-0.05, 0) is 37.6 Å². The predicted molar refractivity (Wildman–Crippen MR) is 85.0 cm³/mol. The molecule has 0 bridgehead atoms. The fourth-order valence-corrected chi connectivity index (χ4v) is 3.94. The number of hydrogen-bond acceptors (Lipinski definition) is 5. The highest BCUT2D eigenvalue weighted by molar-refractivity contribution is 7.89. The van der Waals surface area contributed by atoms with Crippen molar-refractivity contribution in [2.75, 3.05) is 39.9 Å².